The minimum absolute atomic E-state index is 0.188. The Labute approximate surface area is 120 Å². The first-order valence-corrected chi connectivity index (χ1v) is 6.81. The molecule has 1 aromatic carbocycles. The number of thiazole rings is 1. The molecular weight excluding hydrogens is 286 g/mol. The Morgan fingerprint density at radius 2 is 2.11 bits per heavy atom. The van der Waals surface area contributed by atoms with Gasteiger partial charge in [-0.05, 0) is 24.3 Å². The van der Waals surface area contributed by atoms with Crippen molar-refractivity contribution in [3.05, 3.63) is 45.4 Å². The van der Waals surface area contributed by atoms with Gasteiger partial charge in [-0.1, -0.05) is 11.6 Å². The molecule has 4 nitrogen and oxygen atoms in total. The van der Waals surface area contributed by atoms with Gasteiger partial charge in [-0.25, -0.2) is 4.98 Å². The summed E-state index contributed by atoms with van der Waals surface area (Å²) in [5, 5.41) is 3.31. The molecule has 2 aromatic rings. The summed E-state index contributed by atoms with van der Waals surface area (Å²) < 4.78 is 10.2. The van der Waals surface area contributed by atoms with Gasteiger partial charge in [-0.2, -0.15) is 0 Å². The van der Waals surface area contributed by atoms with E-state index in [1.807, 2.05) is 5.38 Å². The molecule has 0 bridgehead atoms. The molecule has 0 saturated heterocycles. The summed E-state index contributed by atoms with van der Waals surface area (Å²) in [5.74, 6) is 0.435. The lowest BCUT2D eigenvalue weighted by atomic mass is 10.3. The second-order valence-corrected chi connectivity index (χ2v) is 5.11. The fraction of sp³-hybridized carbons (Fsp3) is 0.231. The van der Waals surface area contributed by atoms with Crippen molar-refractivity contribution >= 4 is 28.9 Å². The normalized spacial score (nSPS) is 10.2. The number of nitrogens with zero attached hydrogens (tertiary/aromatic N) is 1. The second kappa shape index (κ2) is 6.54. The standard InChI is InChI=1S/C13H12ClNO3S/c1-17-13(16)6-10-8-19-12(15-10)7-18-11-4-2-9(14)3-5-11/h2-5,8H,6-7H2,1H3. The molecule has 1 heterocycles. The second-order valence-electron chi connectivity index (χ2n) is 3.73. The van der Waals surface area contributed by atoms with Gasteiger partial charge in [0.05, 0.1) is 19.2 Å². The number of carbonyl (C=O) groups excluding carboxylic acids is 1. The molecule has 0 amide bonds. The number of hydrogen-bond donors (Lipinski definition) is 0. The summed E-state index contributed by atoms with van der Waals surface area (Å²) in [7, 11) is 1.36. The number of methoxy groups -OCH3 is 1. The average Bonchev–Trinajstić information content (AvgIpc) is 2.85. The van der Waals surface area contributed by atoms with Crippen LogP contribution >= 0.6 is 22.9 Å². The number of rotatable bonds is 5. The van der Waals surface area contributed by atoms with Crippen LogP contribution in [0.1, 0.15) is 10.7 Å². The third-order valence-electron chi connectivity index (χ3n) is 2.33. The molecule has 0 atom stereocenters. The molecule has 0 unspecified atom stereocenters. The van der Waals surface area contributed by atoms with Crippen molar-refractivity contribution in [2.75, 3.05) is 7.11 Å². The molecule has 0 aliphatic carbocycles. The highest BCUT2D eigenvalue weighted by Gasteiger charge is 2.08. The molecule has 0 fully saturated rings. The van der Waals surface area contributed by atoms with Crippen molar-refractivity contribution in [1.82, 2.24) is 4.98 Å². The Hall–Kier alpha value is -1.59. The van der Waals surface area contributed by atoms with Crippen molar-refractivity contribution in [3.8, 4) is 5.75 Å². The first kappa shape index (κ1) is 13.8. The number of carbonyl (C=O) groups is 1. The highest BCUT2D eigenvalue weighted by Crippen LogP contribution is 2.18. The van der Waals surface area contributed by atoms with Crippen LogP contribution in [0.2, 0.25) is 5.02 Å². The average molecular weight is 298 g/mol. The van der Waals surface area contributed by atoms with Crippen LogP contribution in [0.4, 0.5) is 0 Å². The number of esters is 1. The van der Waals surface area contributed by atoms with Gasteiger partial charge in [0.2, 0.25) is 0 Å². The summed E-state index contributed by atoms with van der Waals surface area (Å²) in [6, 6.07) is 7.12. The quantitative estimate of drug-likeness (QED) is 0.796. The fourth-order valence-corrected chi connectivity index (χ4v) is 2.22. The third kappa shape index (κ3) is 4.22. The van der Waals surface area contributed by atoms with Gasteiger partial charge in [0.15, 0.2) is 0 Å². The van der Waals surface area contributed by atoms with E-state index in [4.69, 9.17) is 16.3 Å². The van der Waals surface area contributed by atoms with Gasteiger partial charge in [-0.3, -0.25) is 4.79 Å². The first-order valence-electron chi connectivity index (χ1n) is 5.56. The van der Waals surface area contributed by atoms with Gasteiger partial charge in [-0.15, -0.1) is 11.3 Å². The maximum Gasteiger partial charge on any atom is 0.311 e. The summed E-state index contributed by atoms with van der Waals surface area (Å²) >= 11 is 7.24. The van der Waals surface area contributed by atoms with E-state index in [0.29, 0.717) is 17.3 Å². The molecule has 100 valence electrons. The van der Waals surface area contributed by atoms with Crippen LogP contribution in [0.5, 0.6) is 5.75 Å². The fourth-order valence-electron chi connectivity index (χ4n) is 1.39. The number of benzene rings is 1. The minimum Gasteiger partial charge on any atom is -0.486 e. The van der Waals surface area contributed by atoms with Crippen molar-refractivity contribution in [3.63, 3.8) is 0 Å². The molecular formula is C13H12ClNO3S. The summed E-state index contributed by atoms with van der Waals surface area (Å²) in [4.78, 5) is 15.4. The summed E-state index contributed by atoms with van der Waals surface area (Å²) in [5.41, 5.74) is 0.701. The zero-order valence-electron chi connectivity index (χ0n) is 10.3. The van der Waals surface area contributed by atoms with Gasteiger partial charge in [0, 0.05) is 10.4 Å². The lowest BCUT2D eigenvalue weighted by Crippen LogP contribution is -2.05. The zero-order valence-corrected chi connectivity index (χ0v) is 11.8. The summed E-state index contributed by atoms with van der Waals surface area (Å²) in [6.45, 7) is 0.369. The van der Waals surface area contributed by atoms with E-state index >= 15 is 0 Å². The van der Waals surface area contributed by atoms with Gasteiger partial charge in [0.1, 0.15) is 17.4 Å². The topological polar surface area (TPSA) is 48.4 Å². The Bertz CT molecular complexity index is 553. The maximum atomic E-state index is 11.1. The molecule has 2 rings (SSSR count). The van der Waals surface area contributed by atoms with E-state index < -0.39 is 0 Å². The van der Waals surface area contributed by atoms with Gasteiger partial charge >= 0.3 is 5.97 Å². The van der Waals surface area contributed by atoms with E-state index in [1.54, 1.807) is 24.3 Å². The van der Waals surface area contributed by atoms with E-state index in [9.17, 15) is 4.79 Å². The Morgan fingerprint density at radius 1 is 1.37 bits per heavy atom. The molecule has 0 radical (unpaired) electrons. The number of ether oxygens (including phenoxy) is 2. The lowest BCUT2D eigenvalue weighted by molar-refractivity contribution is -0.139. The Kier molecular flexibility index (Phi) is 4.76. The number of halogens is 1. The van der Waals surface area contributed by atoms with Crippen molar-refractivity contribution in [2.45, 2.75) is 13.0 Å². The van der Waals surface area contributed by atoms with Crippen molar-refractivity contribution < 1.29 is 14.3 Å². The molecule has 1 aromatic heterocycles. The van der Waals surface area contributed by atoms with Crippen molar-refractivity contribution in [1.29, 1.82) is 0 Å². The van der Waals surface area contributed by atoms with Crippen LogP contribution in [-0.4, -0.2) is 18.1 Å². The smallest absolute Gasteiger partial charge is 0.311 e. The van der Waals surface area contributed by atoms with Crippen LogP contribution in [0.25, 0.3) is 0 Å². The van der Waals surface area contributed by atoms with Gasteiger partial charge < -0.3 is 9.47 Å². The third-order valence-corrected chi connectivity index (χ3v) is 3.45. The SMILES string of the molecule is COC(=O)Cc1csc(COc2ccc(Cl)cc2)n1. The highest BCUT2D eigenvalue weighted by molar-refractivity contribution is 7.09. The van der Waals surface area contributed by atoms with Gasteiger partial charge in [0.25, 0.3) is 0 Å². The van der Waals surface area contributed by atoms with E-state index in [2.05, 4.69) is 9.72 Å². The molecule has 0 spiro atoms. The van der Waals surface area contributed by atoms with E-state index in [1.165, 1.54) is 18.4 Å². The molecule has 0 aliphatic heterocycles. The van der Waals surface area contributed by atoms with Crippen LogP contribution in [0.15, 0.2) is 29.6 Å². The van der Waals surface area contributed by atoms with Crippen LogP contribution < -0.4 is 4.74 Å². The highest BCUT2D eigenvalue weighted by atomic mass is 35.5. The molecule has 0 aliphatic rings. The summed E-state index contributed by atoms with van der Waals surface area (Å²) in [6.07, 6.45) is 0.188. The van der Waals surface area contributed by atoms with Crippen LogP contribution in [0.3, 0.4) is 0 Å². The molecule has 6 heteroatoms. The van der Waals surface area contributed by atoms with E-state index in [-0.39, 0.29) is 12.4 Å². The van der Waals surface area contributed by atoms with Crippen LogP contribution in [-0.2, 0) is 22.6 Å². The maximum absolute atomic E-state index is 11.1. The van der Waals surface area contributed by atoms with E-state index in [0.717, 1.165) is 10.8 Å². The van der Waals surface area contributed by atoms with Crippen molar-refractivity contribution in [2.24, 2.45) is 0 Å². The molecule has 19 heavy (non-hydrogen) atoms. The number of hydrogen-bond acceptors (Lipinski definition) is 5. The molecule has 0 N–H and O–H groups in total. The Balaban J connectivity index is 1.89. The minimum atomic E-state index is -0.296. The van der Waals surface area contributed by atoms with Crippen LogP contribution in [0, 0.1) is 0 Å². The monoisotopic (exact) mass is 297 g/mol. The lowest BCUT2D eigenvalue weighted by Gasteiger charge is -2.03. The first-order chi connectivity index (χ1) is 9.17. The molecule has 0 saturated carbocycles. The predicted octanol–water partition coefficient (Wildman–Crippen LogP) is 3.09. The Morgan fingerprint density at radius 3 is 2.79 bits per heavy atom. The largest absolute Gasteiger partial charge is 0.486 e. The number of aromatic nitrogens is 1. The predicted molar refractivity (Wildman–Crippen MR) is 73.6 cm³/mol. The zero-order chi connectivity index (χ0) is 13.7.